The highest BCUT2D eigenvalue weighted by molar-refractivity contribution is 6.30. The number of hydrogen-bond acceptors (Lipinski definition) is 5. The Kier molecular flexibility index (Phi) is 6.30. The number of hydrogen-bond donors (Lipinski definition) is 1. The van der Waals surface area contributed by atoms with E-state index in [0.717, 1.165) is 36.0 Å². The van der Waals surface area contributed by atoms with Gasteiger partial charge in [-0.15, -0.1) is 0 Å². The van der Waals surface area contributed by atoms with Gasteiger partial charge in [0.05, 0.1) is 5.69 Å². The lowest BCUT2D eigenvalue weighted by Crippen LogP contribution is -2.12. The fourth-order valence-corrected chi connectivity index (χ4v) is 3.83. The van der Waals surface area contributed by atoms with Crippen LogP contribution in [0.2, 0.25) is 5.02 Å². The molecule has 7 heteroatoms. The fourth-order valence-electron chi connectivity index (χ4n) is 3.71. The summed E-state index contributed by atoms with van der Waals surface area (Å²) in [5, 5.41) is 0.653. The minimum absolute atomic E-state index is 0.122. The molecule has 0 amide bonds. The highest BCUT2D eigenvalue weighted by Crippen LogP contribution is 2.42. The van der Waals surface area contributed by atoms with Gasteiger partial charge in [-0.25, -0.2) is 14.2 Å². The summed E-state index contributed by atoms with van der Waals surface area (Å²) in [5.41, 5.74) is 4.32. The predicted molar refractivity (Wildman–Crippen MR) is 117 cm³/mol. The second kappa shape index (κ2) is 9.29. The summed E-state index contributed by atoms with van der Waals surface area (Å²) < 4.78 is 20.2. The number of nitrogens with zero attached hydrogens (tertiary/aromatic N) is 1. The zero-order chi connectivity index (χ0) is 21.8. The summed E-state index contributed by atoms with van der Waals surface area (Å²) in [4.78, 5) is 20.5. The first-order valence-corrected chi connectivity index (χ1v) is 10.2. The molecule has 0 fully saturated rings. The molecule has 1 aliphatic rings. The number of benzene rings is 2. The van der Waals surface area contributed by atoms with E-state index in [-0.39, 0.29) is 11.5 Å². The molecule has 0 saturated carbocycles. The second-order valence-corrected chi connectivity index (χ2v) is 7.62. The van der Waals surface area contributed by atoms with Gasteiger partial charge in [0.25, 0.3) is 0 Å². The third kappa shape index (κ3) is 4.76. The first-order chi connectivity index (χ1) is 15.0. The molecule has 0 atom stereocenters. The zero-order valence-corrected chi connectivity index (χ0v) is 17.4. The average molecular weight is 439 g/mol. The van der Waals surface area contributed by atoms with Gasteiger partial charge < -0.3 is 9.57 Å². The van der Waals surface area contributed by atoms with Gasteiger partial charge >= 0.3 is 5.97 Å². The molecule has 0 aliphatic heterocycles. The molecule has 1 aromatic heterocycles. The van der Waals surface area contributed by atoms with Gasteiger partial charge in [-0.3, -0.25) is 0 Å². The van der Waals surface area contributed by atoms with Gasteiger partial charge in [-0.05, 0) is 78.4 Å². The van der Waals surface area contributed by atoms with Crippen LogP contribution in [-0.4, -0.2) is 11.0 Å². The third-order valence-electron chi connectivity index (χ3n) is 5.17. The molecule has 0 bridgehead atoms. The van der Waals surface area contributed by atoms with Crippen molar-refractivity contribution in [2.75, 3.05) is 0 Å². The average Bonchev–Trinajstić information content (AvgIpc) is 3.28. The number of carbonyl (C=O) groups is 1. The Bertz CT molecular complexity index is 1150. The third-order valence-corrected chi connectivity index (χ3v) is 5.42. The van der Waals surface area contributed by atoms with Crippen LogP contribution < -0.4 is 10.6 Å². The molecule has 0 radical (unpaired) electrons. The van der Waals surface area contributed by atoms with E-state index in [2.05, 4.69) is 9.82 Å². The number of pyridine rings is 1. The Hall–Kier alpha value is -3.22. The molecule has 5 nitrogen and oxygen atoms in total. The smallest absolute Gasteiger partial charge is 0.375 e. The van der Waals surface area contributed by atoms with E-state index in [1.54, 1.807) is 24.3 Å². The number of carbonyl (C=O) groups excluding carboxylic acids is 1. The van der Waals surface area contributed by atoms with Crippen molar-refractivity contribution in [3.8, 4) is 5.75 Å². The predicted octanol–water partition coefficient (Wildman–Crippen LogP) is 5.58. The number of halogens is 2. The van der Waals surface area contributed by atoms with Crippen LogP contribution >= 0.6 is 11.6 Å². The Morgan fingerprint density at radius 3 is 2.61 bits per heavy atom. The van der Waals surface area contributed by atoms with Crippen LogP contribution in [0.15, 0.2) is 60.7 Å². The second-order valence-electron chi connectivity index (χ2n) is 7.18. The summed E-state index contributed by atoms with van der Waals surface area (Å²) in [6.07, 6.45) is 2.41. The largest absolute Gasteiger partial charge is 0.488 e. The molecule has 0 saturated heterocycles. The van der Waals surface area contributed by atoms with Crippen LogP contribution in [0.3, 0.4) is 0 Å². The molecule has 4 rings (SSSR count). The van der Waals surface area contributed by atoms with Crippen LogP contribution in [0.1, 0.15) is 46.6 Å². The summed E-state index contributed by atoms with van der Waals surface area (Å²) >= 11 is 5.94. The van der Waals surface area contributed by atoms with Gasteiger partial charge in [0.15, 0.2) is 5.69 Å². The van der Waals surface area contributed by atoms with Crippen molar-refractivity contribution in [3.63, 3.8) is 0 Å². The molecule has 0 unspecified atom stereocenters. The van der Waals surface area contributed by atoms with E-state index in [9.17, 15) is 9.18 Å². The molecule has 3 aromatic rings. The molecule has 2 aromatic carbocycles. The van der Waals surface area contributed by atoms with Crippen LogP contribution in [0.5, 0.6) is 5.75 Å². The molecule has 1 heterocycles. The van der Waals surface area contributed by atoms with Gasteiger partial charge in [0, 0.05) is 10.6 Å². The van der Waals surface area contributed by atoms with Crippen LogP contribution in [0, 0.1) is 5.82 Å². The summed E-state index contributed by atoms with van der Waals surface area (Å²) in [7, 11) is 0. The van der Waals surface area contributed by atoms with Gasteiger partial charge in [0.1, 0.15) is 18.2 Å². The Morgan fingerprint density at radius 1 is 1.06 bits per heavy atom. The SMILES string of the molecule is NOC(=O)c1cccc(C2=C(c3cc(F)ccc3OCc3ccc(Cl)cc3)CCC2)n1. The number of ether oxygens (including phenoxy) is 1. The molecule has 0 spiro atoms. The van der Waals surface area contributed by atoms with Crippen molar-refractivity contribution in [2.24, 2.45) is 5.90 Å². The monoisotopic (exact) mass is 438 g/mol. The number of aromatic nitrogens is 1. The van der Waals surface area contributed by atoms with Crippen molar-refractivity contribution in [1.82, 2.24) is 4.98 Å². The van der Waals surface area contributed by atoms with Crippen molar-refractivity contribution in [3.05, 3.63) is 94.0 Å². The Balaban J connectivity index is 1.69. The summed E-state index contributed by atoms with van der Waals surface area (Å²) in [5.74, 6) is 4.52. The Morgan fingerprint density at radius 2 is 1.84 bits per heavy atom. The number of allylic oxidation sites excluding steroid dienone is 2. The van der Waals surface area contributed by atoms with Gasteiger partial charge in [-0.2, -0.15) is 5.90 Å². The molecule has 2 N–H and O–H groups in total. The highest BCUT2D eigenvalue weighted by atomic mass is 35.5. The maximum Gasteiger partial charge on any atom is 0.375 e. The van der Waals surface area contributed by atoms with E-state index in [1.165, 1.54) is 18.2 Å². The molecule has 31 heavy (non-hydrogen) atoms. The van der Waals surface area contributed by atoms with Crippen molar-refractivity contribution >= 4 is 28.7 Å². The maximum atomic E-state index is 14.2. The molecular formula is C24H20ClFN2O3. The van der Waals surface area contributed by atoms with E-state index < -0.39 is 5.97 Å². The summed E-state index contributed by atoms with van der Waals surface area (Å²) in [6.45, 7) is 0.328. The number of rotatable bonds is 6. The van der Waals surface area contributed by atoms with E-state index in [1.807, 2.05) is 18.2 Å². The molecular weight excluding hydrogens is 419 g/mol. The Labute approximate surface area is 184 Å². The van der Waals surface area contributed by atoms with Crippen LogP contribution in [-0.2, 0) is 11.4 Å². The van der Waals surface area contributed by atoms with Gasteiger partial charge in [-0.1, -0.05) is 29.8 Å². The lowest BCUT2D eigenvalue weighted by Gasteiger charge is -2.15. The van der Waals surface area contributed by atoms with E-state index in [4.69, 9.17) is 22.2 Å². The van der Waals surface area contributed by atoms with Crippen LogP contribution in [0.25, 0.3) is 11.1 Å². The first-order valence-electron chi connectivity index (χ1n) is 9.83. The van der Waals surface area contributed by atoms with Crippen LogP contribution in [0.4, 0.5) is 4.39 Å². The first kappa shape index (κ1) is 21.0. The number of nitrogens with two attached hydrogens (primary N) is 1. The zero-order valence-electron chi connectivity index (χ0n) is 16.6. The molecule has 158 valence electrons. The topological polar surface area (TPSA) is 74.4 Å². The highest BCUT2D eigenvalue weighted by Gasteiger charge is 2.23. The lowest BCUT2D eigenvalue weighted by atomic mass is 9.98. The minimum Gasteiger partial charge on any atom is -0.488 e. The van der Waals surface area contributed by atoms with Crippen molar-refractivity contribution < 1.29 is 18.8 Å². The van der Waals surface area contributed by atoms with E-state index >= 15 is 0 Å². The van der Waals surface area contributed by atoms with Crippen molar-refractivity contribution in [1.29, 1.82) is 0 Å². The lowest BCUT2D eigenvalue weighted by molar-refractivity contribution is 0.0496. The van der Waals surface area contributed by atoms with E-state index in [0.29, 0.717) is 28.6 Å². The maximum absolute atomic E-state index is 14.2. The molecule has 1 aliphatic carbocycles. The standard InChI is InChI=1S/C24H20ClFN2O3/c25-16-9-7-15(8-10-16)14-30-23-12-11-17(26)13-20(23)18-3-1-4-19(18)21-5-2-6-22(28-21)24(29)31-27/h2,5-13H,1,3-4,14,27H2. The normalized spacial score (nSPS) is 13.4. The fraction of sp³-hybridized carbons (Fsp3) is 0.167. The van der Waals surface area contributed by atoms with Gasteiger partial charge in [0.2, 0.25) is 0 Å². The summed E-state index contributed by atoms with van der Waals surface area (Å²) in [6, 6.07) is 17.0. The minimum atomic E-state index is -0.709. The van der Waals surface area contributed by atoms with Crippen molar-refractivity contribution in [2.45, 2.75) is 25.9 Å². The quantitative estimate of drug-likeness (QED) is 0.508.